The van der Waals surface area contributed by atoms with Gasteiger partial charge in [-0.2, -0.15) is 0 Å². The zero-order valence-corrected chi connectivity index (χ0v) is 19.0. The lowest BCUT2D eigenvalue weighted by Crippen LogP contribution is -2.52. The zero-order valence-electron chi connectivity index (χ0n) is 18.2. The van der Waals surface area contributed by atoms with E-state index in [1.165, 1.54) is 24.3 Å². The van der Waals surface area contributed by atoms with Crippen LogP contribution in [-0.2, 0) is 19.7 Å². The van der Waals surface area contributed by atoms with E-state index in [-0.39, 0.29) is 11.5 Å². The van der Waals surface area contributed by atoms with Crippen LogP contribution < -0.4 is 11.1 Å². The highest BCUT2D eigenvalue weighted by atomic mass is 35.5. The van der Waals surface area contributed by atoms with Crippen molar-refractivity contribution < 1.29 is 24.2 Å². The number of carboxylic acid groups (broad SMARTS) is 1. The fraction of sp³-hybridized carbons (Fsp3) is 0.375. The number of nitrogens with two attached hydrogens (primary N) is 1. The molecule has 0 radical (unpaired) electrons. The van der Waals surface area contributed by atoms with Crippen LogP contribution in [0.4, 0.5) is 0 Å². The fourth-order valence-electron chi connectivity index (χ4n) is 3.60. The van der Waals surface area contributed by atoms with Crippen molar-refractivity contribution in [2.75, 3.05) is 0 Å². The number of carboxylic acids is 1. The van der Waals surface area contributed by atoms with Crippen LogP contribution >= 0.6 is 11.6 Å². The number of hydrogen-bond acceptors (Lipinski definition) is 5. The van der Waals surface area contributed by atoms with E-state index in [9.17, 15) is 14.4 Å². The van der Waals surface area contributed by atoms with Gasteiger partial charge in [-0.1, -0.05) is 35.9 Å². The molecule has 170 valence electrons. The highest BCUT2D eigenvalue weighted by Gasteiger charge is 2.52. The van der Waals surface area contributed by atoms with Gasteiger partial charge < -0.3 is 20.9 Å². The molecular weight excluding hydrogens is 432 g/mol. The maximum Gasteiger partial charge on any atom is 0.335 e. The zero-order chi connectivity index (χ0) is 23.7. The van der Waals surface area contributed by atoms with Crippen molar-refractivity contribution in [1.82, 2.24) is 5.32 Å². The fourth-order valence-corrected chi connectivity index (χ4v) is 3.73. The molecule has 0 aromatic heterocycles. The van der Waals surface area contributed by atoms with E-state index in [1.54, 1.807) is 32.9 Å². The Morgan fingerprint density at radius 3 is 2.09 bits per heavy atom. The Bertz CT molecular complexity index is 1010. The van der Waals surface area contributed by atoms with Crippen molar-refractivity contribution in [3.8, 4) is 0 Å². The molecule has 0 heterocycles. The number of amides is 1. The summed E-state index contributed by atoms with van der Waals surface area (Å²) in [5.74, 6) is -2.98. The molecule has 2 aromatic rings. The van der Waals surface area contributed by atoms with Crippen LogP contribution in [0.15, 0.2) is 48.5 Å². The van der Waals surface area contributed by atoms with Gasteiger partial charge in [-0.05, 0) is 69.0 Å². The molecule has 1 amide bonds. The monoisotopic (exact) mass is 458 g/mol. The highest BCUT2D eigenvalue weighted by Crippen LogP contribution is 2.48. The first-order valence-electron chi connectivity index (χ1n) is 10.3. The normalized spacial score (nSPS) is 16.5. The third kappa shape index (κ3) is 5.29. The summed E-state index contributed by atoms with van der Waals surface area (Å²) >= 11 is 5.96. The van der Waals surface area contributed by atoms with Crippen LogP contribution in [0.5, 0.6) is 0 Å². The van der Waals surface area contributed by atoms with E-state index < -0.39 is 35.0 Å². The second-order valence-corrected chi connectivity index (χ2v) is 9.46. The molecular formula is C24H27ClN2O5. The molecule has 0 bridgehead atoms. The minimum Gasteiger partial charge on any atom is -0.478 e. The summed E-state index contributed by atoms with van der Waals surface area (Å²) in [6.45, 7) is 5.21. The van der Waals surface area contributed by atoms with Crippen LogP contribution in [0, 0.1) is 0 Å². The molecule has 1 fully saturated rings. The lowest BCUT2D eigenvalue weighted by atomic mass is 9.92. The van der Waals surface area contributed by atoms with Gasteiger partial charge in [0.25, 0.3) is 0 Å². The van der Waals surface area contributed by atoms with Crippen molar-refractivity contribution in [2.24, 2.45) is 5.73 Å². The Morgan fingerprint density at radius 1 is 1.06 bits per heavy atom. The Labute approximate surface area is 191 Å². The van der Waals surface area contributed by atoms with Gasteiger partial charge in [-0.15, -0.1) is 0 Å². The van der Waals surface area contributed by atoms with E-state index in [0.29, 0.717) is 23.4 Å². The molecule has 2 aromatic carbocycles. The van der Waals surface area contributed by atoms with Gasteiger partial charge in [0.15, 0.2) is 0 Å². The largest absolute Gasteiger partial charge is 0.478 e. The smallest absolute Gasteiger partial charge is 0.335 e. The number of nitrogens with one attached hydrogen (secondary N) is 1. The molecule has 3 rings (SSSR count). The lowest BCUT2D eigenvalue weighted by molar-refractivity contribution is -0.157. The van der Waals surface area contributed by atoms with E-state index in [0.717, 1.165) is 5.56 Å². The topological polar surface area (TPSA) is 119 Å². The summed E-state index contributed by atoms with van der Waals surface area (Å²) in [7, 11) is 0. The van der Waals surface area contributed by atoms with Crippen molar-refractivity contribution in [3.05, 3.63) is 70.2 Å². The third-order valence-corrected chi connectivity index (χ3v) is 5.67. The van der Waals surface area contributed by atoms with Crippen LogP contribution in [-0.4, -0.2) is 34.7 Å². The number of hydrogen-bond donors (Lipinski definition) is 3. The maximum atomic E-state index is 13.2. The molecule has 32 heavy (non-hydrogen) atoms. The maximum absolute atomic E-state index is 13.2. The molecule has 1 aliphatic rings. The Balaban J connectivity index is 1.85. The minimum absolute atomic E-state index is 0.0777. The van der Waals surface area contributed by atoms with Crippen molar-refractivity contribution in [1.29, 1.82) is 0 Å². The quantitative estimate of drug-likeness (QED) is 0.431. The Morgan fingerprint density at radius 2 is 1.62 bits per heavy atom. The van der Waals surface area contributed by atoms with Crippen LogP contribution in [0.25, 0.3) is 0 Å². The van der Waals surface area contributed by atoms with Gasteiger partial charge >= 0.3 is 11.9 Å². The number of carbonyl (C=O) groups is 3. The minimum atomic E-state index is -1.08. The summed E-state index contributed by atoms with van der Waals surface area (Å²) in [6.07, 6.45) is 0.257. The van der Waals surface area contributed by atoms with Gasteiger partial charge in [0, 0.05) is 5.02 Å². The number of halogens is 1. The molecule has 2 unspecified atom stereocenters. The van der Waals surface area contributed by atoms with Crippen LogP contribution in [0.1, 0.15) is 61.0 Å². The second-order valence-electron chi connectivity index (χ2n) is 9.03. The molecule has 8 heteroatoms. The first kappa shape index (κ1) is 23.8. The van der Waals surface area contributed by atoms with Gasteiger partial charge in [0.1, 0.15) is 11.5 Å². The van der Waals surface area contributed by atoms with E-state index in [1.807, 2.05) is 12.1 Å². The summed E-state index contributed by atoms with van der Waals surface area (Å²) in [5, 5.41) is 12.5. The second kappa shape index (κ2) is 8.92. The molecule has 4 N–H and O–H groups in total. The molecule has 1 aliphatic carbocycles. The third-order valence-electron chi connectivity index (χ3n) is 5.42. The standard InChI is InChI=1S/C24H27ClN2O5/c1-23(2,3)32-21(30)18(14-4-6-15(7-5-14)20(28)29)19(26)27-22(31)24(12-13-24)16-8-10-17(25)11-9-16/h4-11,18-19H,12-13,26H2,1-3H3,(H,27,31)(H,28,29). The molecule has 0 saturated heterocycles. The van der Waals surface area contributed by atoms with Crippen molar-refractivity contribution in [3.63, 3.8) is 0 Å². The van der Waals surface area contributed by atoms with Gasteiger partial charge in [-0.25, -0.2) is 4.79 Å². The molecule has 0 spiro atoms. The SMILES string of the molecule is CC(C)(C)OC(=O)C(c1ccc(C(=O)O)cc1)C(N)NC(=O)C1(c2ccc(Cl)cc2)CC1. The average Bonchev–Trinajstić information content (AvgIpc) is 3.49. The predicted molar refractivity (Wildman–Crippen MR) is 120 cm³/mol. The van der Waals surface area contributed by atoms with Gasteiger partial charge in [0.2, 0.25) is 5.91 Å². The van der Waals surface area contributed by atoms with Gasteiger partial charge in [0.05, 0.1) is 17.1 Å². The molecule has 2 atom stereocenters. The molecule has 1 saturated carbocycles. The Hall–Kier alpha value is -2.90. The summed E-state index contributed by atoms with van der Waals surface area (Å²) in [4.78, 5) is 37.3. The average molecular weight is 459 g/mol. The number of ether oxygens (including phenoxy) is 1. The number of aromatic carboxylic acids is 1. The summed E-state index contributed by atoms with van der Waals surface area (Å²) in [6, 6.07) is 12.9. The van der Waals surface area contributed by atoms with Gasteiger partial charge in [-0.3, -0.25) is 9.59 Å². The summed E-state index contributed by atoms with van der Waals surface area (Å²) < 4.78 is 5.53. The number of esters is 1. The predicted octanol–water partition coefficient (Wildman–Crippen LogP) is 3.60. The number of benzene rings is 2. The van der Waals surface area contributed by atoms with Crippen molar-refractivity contribution >= 4 is 29.4 Å². The van der Waals surface area contributed by atoms with Crippen molar-refractivity contribution in [2.45, 2.75) is 56.7 Å². The number of carbonyl (C=O) groups excluding carboxylic acids is 2. The molecule has 0 aliphatic heterocycles. The van der Waals surface area contributed by atoms with E-state index in [2.05, 4.69) is 5.32 Å². The molecule has 7 nitrogen and oxygen atoms in total. The summed E-state index contributed by atoms with van der Waals surface area (Å²) in [5.41, 5.74) is 6.23. The first-order valence-corrected chi connectivity index (χ1v) is 10.7. The van der Waals surface area contributed by atoms with E-state index >= 15 is 0 Å². The van der Waals surface area contributed by atoms with E-state index in [4.69, 9.17) is 27.2 Å². The Kier molecular flexibility index (Phi) is 6.62. The van der Waals surface area contributed by atoms with Crippen LogP contribution in [0.3, 0.4) is 0 Å². The first-order chi connectivity index (χ1) is 14.9. The van der Waals surface area contributed by atoms with Crippen LogP contribution in [0.2, 0.25) is 5.02 Å². The highest BCUT2D eigenvalue weighted by molar-refractivity contribution is 6.30. The lowest BCUT2D eigenvalue weighted by Gasteiger charge is -2.29. The number of rotatable bonds is 7.